The number of benzene rings is 1. The third-order valence-corrected chi connectivity index (χ3v) is 5.82. The van der Waals surface area contributed by atoms with E-state index in [9.17, 15) is 18.4 Å². The first-order valence-corrected chi connectivity index (χ1v) is 9.72. The third-order valence-electron chi connectivity index (χ3n) is 4.39. The van der Waals surface area contributed by atoms with Gasteiger partial charge in [-0.05, 0) is 37.6 Å². The van der Waals surface area contributed by atoms with E-state index in [1.165, 1.54) is 24.2 Å². The summed E-state index contributed by atoms with van der Waals surface area (Å²) in [4.78, 5) is 14.7. The monoisotopic (exact) mass is 367 g/mol. The van der Waals surface area contributed by atoms with Crippen molar-refractivity contribution in [3.8, 4) is 0 Å². The molecular formula is C17H25N3O4S. The van der Waals surface area contributed by atoms with E-state index in [4.69, 9.17) is 0 Å². The SMILES string of the molecule is C=CCN(C(=O)Cc1ccc(S(=O)(=O)NC)cc1)C1CCN(O)CC1. The second kappa shape index (κ2) is 8.57. The molecule has 1 aromatic carbocycles. The van der Waals surface area contributed by atoms with Gasteiger partial charge >= 0.3 is 0 Å². The van der Waals surface area contributed by atoms with Crippen molar-refractivity contribution in [1.82, 2.24) is 14.7 Å². The Hall–Kier alpha value is -1.74. The molecular weight excluding hydrogens is 342 g/mol. The molecule has 0 radical (unpaired) electrons. The van der Waals surface area contributed by atoms with Crippen molar-refractivity contribution >= 4 is 15.9 Å². The Morgan fingerprint density at radius 2 is 1.96 bits per heavy atom. The molecule has 7 nitrogen and oxygen atoms in total. The van der Waals surface area contributed by atoms with Crippen molar-refractivity contribution < 1.29 is 18.4 Å². The van der Waals surface area contributed by atoms with Crippen LogP contribution in [0.15, 0.2) is 41.8 Å². The molecule has 1 aliphatic heterocycles. The highest BCUT2D eigenvalue weighted by molar-refractivity contribution is 7.89. The molecule has 1 aliphatic rings. The van der Waals surface area contributed by atoms with E-state index in [2.05, 4.69) is 11.3 Å². The molecule has 0 saturated carbocycles. The zero-order chi connectivity index (χ0) is 18.4. The van der Waals surface area contributed by atoms with Gasteiger partial charge in [0.1, 0.15) is 0 Å². The Morgan fingerprint density at radius 3 is 2.48 bits per heavy atom. The molecule has 138 valence electrons. The number of piperidine rings is 1. The van der Waals surface area contributed by atoms with Crippen molar-refractivity contribution in [3.63, 3.8) is 0 Å². The number of sulfonamides is 1. The average Bonchev–Trinajstić information content (AvgIpc) is 2.61. The van der Waals surface area contributed by atoms with E-state index in [0.29, 0.717) is 19.6 Å². The van der Waals surface area contributed by atoms with Gasteiger partial charge in [0, 0.05) is 25.7 Å². The first-order valence-electron chi connectivity index (χ1n) is 8.24. The van der Waals surface area contributed by atoms with Gasteiger partial charge in [-0.3, -0.25) is 4.79 Å². The van der Waals surface area contributed by atoms with Crippen molar-refractivity contribution in [2.45, 2.75) is 30.2 Å². The van der Waals surface area contributed by atoms with Gasteiger partial charge < -0.3 is 10.1 Å². The molecule has 1 fully saturated rings. The molecule has 0 aliphatic carbocycles. The van der Waals surface area contributed by atoms with Gasteiger partial charge in [-0.1, -0.05) is 18.2 Å². The van der Waals surface area contributed by atoms with Crippen LogP contribution >= 0.6 is 0 Å². The largest absolute Gasteiger partial charge is 0.336 e. The first-order chi connectivity index (χ1) is 11.9. The summed E-state index contributed by atoms with van der Waals surface area (Å²) in [6, 6.07) is 6.39. The number of hydroxylamine groups is 2. The summed E-state index contributed by atoms with van der Waals surface area (Å²) in [5, 5.41) is 10.8. The van der Waals surface area contributed by atoms with Crippen molar-refractivity contribution in [1.29, 1.82) is 0 Å². The van der Waals surface area contributed by atoms with E-state index in [1.54, 1.807) is 23.1 Å². The van der Waals surface area contributed by atoms with Crippen molar-refractivity contribution in [2.24, 2.45) is 0 Å². The minimum atomic E-state index is -3.48. The summed E-state index contributed by atoms with van der Waals surface area (Å²) in [7, 11) is -2.12. The molecule has 8 heteroatoms. The van der Waals surface area contributed by atoms with Crippen LogP contribution in [0.1, 0.15) is 18.4 Å². The second-order valence-corrected chi connectivity index (χ2v) is 7.93. The smallest absolute Gasteiger partial charge is 0.240 e. The van der Waals surface area contributed by atoms with Gasteiger partial charge in [0.15, 0.2) is 0 Å². The molecule has 1 aromatic rings. The maximum absolute atomic E-state index is 12.7. The Labute approximate surface area is 148 Å². The van der Waals surface area contributed by atoms with Crippen LogP contribution in [-0.4, -0.2) is 62.2 Å². The molecule has 2 N–H and O–H groups in total. The molecule has 0 spiro atoms. The first kappa shape index (κ1) is 19.6. The van der Waals surface area contributed by atoms with E-state index < -0.39 is 10.0 Å². The highest BCUT2D eigenvalue weighted by atomic mass is 32.2. The third kappa shape index (κ3) is 5.12. The Morgan fingerprint density at radius 1 is 1.36 bits per heavy atom. The normalized spacial score (nSPS) is 16.6. The number of nitrogens with one attached hydrogen (secondary N) is 1. The van der Waals surface area contributed by atoms with Crippen LogP contribution in [-0.2, 0) is 21.2 Å². The van der Waals surface area contributed by atoms with Gasteiger partial charge in [-0.2, -0.15) is 5.06 Å². The quantitative estimate of drug-likeness (QED) is 0.702. The molecule has 1 heterocycles. The van der Waals surface area contributed by atoms with Gasteiger partial charge in [0.05, 0.1) is 11.3 Å². The molecule has 0 bridgehead atoms. The lowest BCUT2D eigenvalue weighted by Gasteiger charge is -2.36. The number of amides is 1. The van der Waals surface area contributed by atoms with E-state index in [-0.39, 0.29) is 23.3 Å². The maximum atomic E-state index is 12.7. The molecule has 0 unspecified atom stereocenters. The summed E-state index contributed by atoms with van der Waals surface area (Å²) in [5.41, 5.74) is 0.758. The predicted molar refractivity (Wildman–Crippen MR) is 94.7 cm³/mol. The minimum Gasteiger partial charge on any atom is -0.336 e. The Balaban J connectivity index is 2.06. The number of hydrogen-bond acceptors (Lipinski definition) is 5. The van der Waals surface area contributed by atoms with Gasteiger partial charge in [-0.15, -0.1) is 6.58 Å². The van der Waals surface area contributed by atoms with Crippen LogP contribution in [0.25, 0.3) is 0 Å². The summed E-state index contributed by atoms with van der Waals surface area (Å²) >= 11 is 0. The lowest BCUT2D eigenvalue weighted by molar-refractivity contribution is -0.140. The molecule has 0 atom stereocenters. The van der Waals surface area contributed by atoms with E-state index in [0.717, 1.165) is 18.4 Å². The zero-order valence-corrected chi connectivity index (χ0v) is 15.2. The van der Waals surface area contributed by atoms with Crippen molar-refractivity contribution in [2.75, 3.05) is 26.7 Å². The lowest BCUT2D eigenvalue weighted by Crippen LogP contribution is -2.47. The van der Waals surface area contributed by atoms with Crippen LogP contribution in [0.5, 0.6) is 0 Å². The second-order valence-electron chi connectivity index (χ2n) is 6.05. The predicted octanol–water partition coefficient (Wildman–Crippen LogP) is 1.01. The Bertz CT molecular complexity index is 695. The van der Waals surface area contributed by atoms with Crippen LogP contribution in [0.3, 0.4) is 0 Å². The molecule has 2 rings (SSSR count). The van der Waals surface area contributed by atoms with Crippen LogP contribution in [0.2, 0.25) is 0 Å². The average molecular weight is 367 g/mol. The van der Waals surface area contributed by atoms with Crippen LogP contribution in [0, 0.1) is 0 Å². The number of nitrogens with zero attached hydrogens (tertiary/aromatic N) is 2. The molecule has 1 saturated heterocycles. The molecule has 0 aromatic heterocycles. The standard InChI is InChI=1S/C17H25N3O4S/c1-3-10-20(15-8-11-19(22)12-9-15)17(21)13-14-4-6-16(7-5-14)25(23,24)18-2/h3-7,15,18,22H,1,8-13H2,2H3. The topological polar surface area (TPSA) is 90.0 Å². The summed E-state index contributed by atoms with van der Waals surface area (Å²) in [5.74, 6) is -0.0273. The lowest BCUT2D eigenvalue weighted by atomic mass is 10.0. The van der Waals surface area contributed by atoms with Crippen LogP contribution in [0.4, 0.5) is 0 Å². The summed E-state index contributed by atoms with van der Waals surface area (Å²) in [6.45, 7) is 5.27. The number of hydrogen-bond donors (Lipinski definition) is 2. The fourth-order valence-electron chi connectivity index (χ4n) is 2.94. The maximum Gasteiger partial charge on any atom is 0.240 e. The number of carbonyl (C=O) groups excluding carboxylic acids is 1. The fraction of sp³-hybridized carbons (Fsp3) is 0.471. The van der Waals surface area contributed by atoms with Gasteiger partial charge in [-0.25, -0.2) is 13.1 Å². The van der Waals surface area contributed by atoms with E-state index in [1.807, 2.05) is 0 Å². The molecule has 25 heavy (non-hydrogen) atoms. The van der Waals surface area contributed by atoms with Crippen LogP contribution < -0.4 is 4.72 Å². The highest BCUT2D eigenvalue weighted by Crippen LogP contribution is 2.18. The summed E-state index contributed by atoms with van der Waals surface area (Å²) < 4.78 is 25.7. The minimum absolute atomic E-state index is 0.0273. The van der Waals surface area contributed by atoms with Crippen molar-refractivity contribution in [3.05, 3.63) is 42.5 Å². The summed E-state index contributed by atoms with van der Waals surface area (Å²) in [6.07, 6.45) is 3.34. The zero-order valence-electron chi connectivity index (χ0n) is 14.4. The van der Waals surface area contributed by atoms with E-state index >= 15 is 0 Å². The Kier molecular flexibility index (Phi) is 6.71. The van der Waals surface area contributed by atoms with Gasteiger partial charge in [0.25, 0.3) is 0 Å². The fourth-order valence-corrected chi connectivity index (χ4v) is 3.67. The number of carbonyl (C=O) groups is 1. The highest BCUT2D eigenvalue weighted by Gasteiger charge is 2.26. The number of rotatable bonds is 7. The molecule has 1 amide bonds. The van der Waals surface area contributed by atoms with Gasteiger partial charge in [0.2, 0.25) is 15.9 Å².